The molecule has 0 bridgehead atoms. The van der Waals surface area contributed by atoms with Crippen molar-refractivity contribution in [3.05, 3.63) is 93.5 Å². The van der Waals surface area contributed by atoms with Crippen molar-refractivity contribution in [2.24, 2.45) is 0 Å². The molecule has 0 N–H and O–H groups in total. The molecular formula is C32H36Cl2N4O3. The summed E-state index contributed by atoms with van der Waals surface area (Å²) in [6, 6.07) is 21.4. The monoisotopic (exact) mass is 594 g/mol. The fraction of sp³-hybridized carbons (Fsp3) is 0.375. The number of carbonyl (C=O) groups is 2. The van der Waals surface area contributed by atoms with E-state index in [0.29, 0.717) is 55.0 Å². The van der Waals surface area contributed by atoms with E-state index in [2.05, 4.69) is 21.9 Å². The van der Waals surface area contributed by atoms with E-state index in [1.54, 1.807) is 24.0 Å². The average Bonchev–Trinajstić information content (AvgIpc) is 3.01. The molecule has 2 heterocycles. The summed E-state index contributed by atoms with van der Waals surface area (Å²) in [7, 11) is 0. The van der Waals surface area contributed by atoms with Crippen LogP contribution in [-0.4, -0.2) is 74.1 Å². The number of rotatable bonds is 4. The first kappa shape index (κ1) is 29.4. The minimum absolute atomic E-state index is 0.0481. The van der Waals surface area contributed by atoms with Gasteiger partial charge in [-0.05, 0) is 47.9 Å². The van der Waals surface area contributed by atoms with Crippen LogP contribution in [-0.2, 0) is 22.6 Å². The maximum atomic E-state index is 14.2. The molecule has 0 aliphatic carbocycles. The highest BCUT2D eigenvalue weighted by Crippen LogP contribution is 2.31. The van der Waals surface area contributed by atoms with Gasteiger partial charge in [-0.2, -0.15) is 0 Å². The van der Waals surface area contributed by atoms with E-state index in [-0.39, 0.29) is 11.8 Å². The van der Waals surface area contributed by atoms with Gasteiger partial charge in [-0.3, -0.25) is 14.5 Å². The van der Waals surface area contributed by atoms with Crippen LogP contribution in [0.1, 0.15) is 34.8 Å². The number of nitrogens with zero attached hydrogens (tertiary/aromatic N) is 4. The molecule has 2 aliphatic rings. The van der Waals surface area contributed by atoms with E-state index >= 15 is 0 Å². The Balaban J connectivity index is 1.48. The van der Waals surface area contributed by atoms with Gasteiger partial charge in [-0.25, -0.2) is 0 Å². The molecule has 0 atom stereocenters. The molecular weight excluding hydrogens is 559 g/mol. The SMILES string of the molecule is CC(=O)N1CCCN(Cc2ccccc2)CCN(C(=O)c2ccc(Cl)c(N3CCOCC3)c2)Cc2ccc(Cl)cc21. The van der Waals surface area contributed by atoms with Crippen LogP contribution in [0.15, 0.2) is 66.7 Å². The highest BCUT2D eigenvalue weighted by molar-refractivity contribution is 6.33. The Bertz CT molecular complexity index is 1360. The van der Waals surface area contributed by atoms with Gasteiger partial charge in [0.1, 0.15) is 0 Å². The summed E-state index contributed by atoms with van der Waals surface area (Å²) in [5.74, 6) is -0.126. The van der Waals surface area contributed by atoms with E-state index < -0.39 is 0 Å². The van der Waals surface area contributed by atoms with Crippen molar-refractivity contribution in [1.29, 1.82) is 0 Å². The third kappa shape index (κ3) is 7.41. The predicted molar refractivity (Wildman–Crippen MR) is 165 cm³/mol. The second-order valence-electron chi connectivity index (χ2n) is 10.6. The van der Waals surface area contributed by atoms with Gasteiger partial charge in [0.2, 0.25) is 5.91 Å². The fourth-order valence-corrected chi connectivity index (χ4v) is 5.93. The summed E-state index contributed by atoms with van der Waals surface area (Å²) in [5, 5.41) is 1.17. The third-order valence-corrected chi connectivity index (χ3v) is 8.26. The standard InChI is InChI=1S/C32H36Cl2N4O3/c1-24(39)38-13-5-12-35(22-25-6-3-2-4-7-25)14-15-37(23-27-8-10-28(33)21-30(27)38)32(40)26-9-11-29(34)31(20-26)36-16-18-41-19-17-36/h2-4,6-11,20-21H,5,12-19,22-23H2,1H3. The molecule has 2 amide bonds. The normalized spacial score (nSPS) is 17.1. The van der Waals surface area contributed by atoms with E-state index in [9.17, 15) is 9.59 Å². The predicted octanol–water partition coefficient (Wildman–Crippen LogP) is 5.73. The Morgan fingerprint density at radius 2 is 1.61 bits per heavy atom. The van der Waals surface area contributed by atoms with Gasteiger partial charge in [0.15, 0.2) is 0 Å². The number of hydrogen-bond donors (Lipinski definition) is 0. The Labute approximate surface area is 252 Å². The van der Waals surface area contributed by atoms with Crippen LogP contribution in [0.4, 0.5) is 11.4 Å². The lowest BCUT2D eigenvalue weighted by Crippen LogP contribution is -2.39. The van der Waals surface area contributed by atoms with Crippen LogP contribution in [0.3, 0.4) is 0 Å². The first-order chi connectivity index (χ1) is 19.9. The van der Waals surface area contributed by atoms with Crippen molar-refractivity contribution in [2.75, 3.05) is 62.3 Å². The van der Waals surface area contributed by atoms with Gasteiger partial charge in [-0.1, -0.05) is 59.6 Å². The summed E-state index contributed by atoms with van der Waals surface area (Å²) in [5.41, 5.74) is 4.28. The Kier molecular flexibility index (Phi) is 9.83. The van der Waals surface area contributed by atoms with Gasteiger partial charge in [0, 0.05) is 69.9 Å². The summed E-state index contributed by atoms with van der Waals surface area (Å²) in [4.78, 5) is 35.2. The maximum Gasteiger partial charge on any atom is 0.254 e. The molecule has 0 unspecified atom stereocenters. The number of anilines is 2. The van der Waals surface area contributed by atoms with E-state index in [1.165, 1.54) is 5.56 Å². The zero-order valence-corrected chi connectivity index (χ0v) is 24.9. The number of amides is 2. The van der Waals surface area contributed by atoms with Gasteiger partial charge in [0.25, 0.3) is 5.91 Å². The van der Waals surface area contributed by atoms with E-state index in [1.807, 2.05) is 47.4 Å². The van der Waals surface area contributed by atoms with Crippen LogP contribution in [0.5, 0.6) is 0 Å². The molecule has 7 nitrogen and oxygen atoms in total. The largest absolute Gasteiger partial charge is 0.378 e. The minimum Gasteiger partial charge on any atom is -0.378 e. The van der Waals surface area contributed by atoms with Crippen molar-refractivity contribution in [2.45, 2.75) is 26.4 Å². The van der Waals surface area contributed by atoms with Crippen molar-refractivity contribution >= 4 is 46.4 Å². The molecule has 1 saturated heterocycles. The number of fused-ring (bicyclic) bond motifs is 1. The van der Waals surface area contributed by atoms with Crippen molar-refractivity contribution in [3.8, 4) is 0 Å². The number of halogens is 2. The summed E-state index contributed by atoms with van der Waals surface area (Å²) >= 11 is 13.0. The Hall–Kier alpha value is -3.10. The second-order valence-corrected chi connectivity index (χ2v) is 11.4. The number of ether oxygens (including phenoxy) is 1. The van der Waals surface area contributed by atoms with Crippen molar-refractivity contribution in [1.82, 2.24) is 9.80 Å². The molecule has 0 aromatic heterocycles. The molecule has 1 fully saturated rings. The van der Waals surface area contributed by atoms with Crippen molar-refractivity contribution < 1.29 is 14.3 Å². The van der Waals surface area contributed by atoms with Gasteiger partial charge < -0.3 is 19.4 Å². The van der Waals surface area contributed by atoms with Crippen LogP contribution in [0.2, 0.25) is 10.0 Å². The molecule has 3 aromatic carbocycles. The number of benzene rings is 3. The van der Waals surface area contributed by atoms with Gasteiger partial charge in [0.05, 0.1) is 29.6 Å². The summed E-state index contributed by atoms with van der Waals surface area (Å²) < 4.78 is 5.51. The molecule has 0 spiro atoms. The fourth-order valence-electron chi connectivity index (χ4n) is 5.53. The quantitative estimate of drug-likeness (QED) is 0.386. The highest BCUT2D eigenvalue weighted by Gasteiger charge is 2.25. The zero-order valence-electron chi connectivity index (χ0n) is 23.4. The molecule has 9 heteroatoms. The molecule has 0 radical (unpaired) electrons. The molecule has 5 rings (SSSR count). The number of carbonyl (C=O) groups excluding carboxylic acids is 2. The Morgan fingerprint density at radius 3 is 2.37 bits per heavy atom. The summed E-state index contributed by atoms with van der Waals surface area (Å²) in [6.07, 6.45) is 0.798. The first-order valence-corrected chi connectivity index (χ1v) is 14.9. The molecule has 0 saturated carbocycles. The lowest BCUT2D eigenvalue weighted by molar-refractivity contribution is -0.116. The highest BCUT2D eigenvalue weighted by atomic mass is 35.5. The van der Waals surface area contributed by atoms with Crippen molar-refractivity contribution in [3.63, 3.8) is 0 Å². The lowest BCUT2D eigenvalue weighted by atomic mass is 10.1. The zero-order chi connectivity index (χ0) is 28.8. The Morgan fingerprint density at radius 1 is 0.829 bits per heavy atom. The summed E-state index contributed by atoms with van der Waals surface area (Å²) in [6.45, 7) is 8.00. The number of hydrogen-bond acceptors (Lipinski definition) is 5. The van der Waals surface area contributed by atoms with E-state index in [0.717, 1.165) is 49.5 Å². The average molecular weight is 596 g/mol. The van der Waals surface area contributed by atoms with Crippen LogP contribution >= 0.6 is 23.2 Å². The maximum absolute atomic E-state index is 14.2. The minimum atomic E-state index is -0.0784. The molecule has 3 aromatic rings. The molecule has 216 valence electrons. The van der Waals surface area contributed by atoms with E-state index in [4.69, 9.17) is 27.9 Å². The van der Waals surface area contributed by atoms with Crippen LogP contribution < -0.4 is 9.80 Å². The lowest BCUT2D eigenvalue weighted by Gasteiger charge is -2.31. The first-order valence-electron chi connectivity index (χ1n) is 14.1. The van der Waals surface area contributed by atoms with Crippen LogP contribution in [0.25, 0.3) is 0 Å². The van der Waals surface area contributed by atoms with Crippen LogP contribution in [0, 0.1) is 0 Å². The smallest absolute Gasteiger partial charge is 0.254 e. The third-order valence-electron chi connectivity index (χ3n) is 7.70. The molecule has 41 heavy (non-hydrogen) atoms. The second kappa shape index (κ2) is 13.7. The van der Waals surface area contributed by atoms with Gasteiger partial charge >= 0.3 is 0 Å². The van der Waals surface area contributed by atoms with Gasteiger partial charge in [-0.15, -0.1) is 0 Å². The molecule has 2 aliphatic heterocycles. The topological polar surface area (TPSA) is 56.3 Å². The number of morpholine rings is 1.